The number of piperidine rings is 1. The van der Waals surface area contributed by atoms with Gasteiger partial charge in [0, 0.05) is 44.9 Å². The normalized spacial score (nSPS) is 14.6. The van der Waals surface area contributed by atoms with Gasteiger partial charge >= 0.3 is 0 Å². The summed E-state index contributed by atoms with van der Waals surface area (Å²) in [6, 6.07) is 13.9. The molecule has 0 aliphatic carbocycles. The number of nitrogens with zero attached hydrogens (tertiary/aromatic N) is 6. The van der Waals surface area contributed by atoms with E-state index in [0.29, 0.717) is 60.3 Å². The van der Waals surface area contributed by atoms with E-state index in [-0.39, 0.29) is 11.9 Å². The number of rotatable bonds is 13. The average Bonchev–Trinajstić information content (AvgIpc) is 3.00. The molecule has 3 aromatic rings. The minimum absolute atomic E-state index is 0.112. The fourth-order valence-corrected chi connectivity index (χ4v) is 5.82. The molecule has 1 atom stereocenters. The number of likely N-dealkylation sites (tertiary alicyclic amines) is 1. The van der Waals surface area contributed by atoms with Crippen molar-refractivity contribution in [2.75, 3.05) is 44.9 Å². The molecule has 11 heteroatoms. The van der Waals surface area contributed by atoms with E-state index in [1.165, 1.54) is 0 Å². The Labute approximate surface area is 259 Å². The first-order chi connectivity index (χ1) is 20.8. The number of ether oxygens (including phenoxy) is 2. The van der Waals surface area contributed by atoms with Gasteiger partial charge in [-0.3, -0.25) is 4.79 Å². The Balaban J connectivity index is 1.36. The number of hydrogen-bond donors (Lipinski definition) is 1. The first kappa shape index (κ1) is 32.1. The lowest BCUT2D eigenvalue weighted by molar-refractivity contribution is 0.0943. The second-order valence-electron chi connectivity index (χ2n) is 10.8. The first-order valence-electron chi connectivity index (χ1n) is 14.7. The van der Waals surface area contributed by atoms with Gasteiger partial charge in [-0.25, -0.2) is 15.0 Å². The monoisotopic (exact) mass is 605 g/mol. The number of aryl methyl sites for hydroxylation is 2. The maximum atomic E-state index is 12.8. The van der Waals surface area contributed by atoms with Crippen molar-refractivity contribution in [1.82, 2.24) is 25.2 Å². The Morgan fingerprint density at radius 1 is 1.21 bits per heavy atom. The van der Waals surface area contributed by atoms with Gasteiger partial charge in [-0.15, -0.1) is 0 Å². The highest BCUT2D eigenvalue weighted by Crippen LogP contribution is 2.27. The van der Waals surface area contributed by atoms with Crippen LogP contribution >= 0.6 is 11.6 Å². The highest BCUT2D eigenvalue weighted by atomic mass is 35.5. The Morgan fingerprint density at radius 2 is 2.00 bits per heavy atom. The number of nitriles is 1. The molecule has 1 fully saturated rings. The van der Waals surface area contributed by atoms with E-state index in [9.17, 15) is 10.1 Å². The van der Waals surface area contributed by atoms with Crippen LogP contribution in [0.4, 0.5) is 5.69 Å². The largest absolute Gasteiger partial charge is 0.475 e. The van der Waals surface area contributed by atoms with Crippen LogP contribution in [0.3, 0.4) is 0 Å². The van der Waals surface area contributed by atoms with Gasteiger partial charge in [-0.05, 0) is 69.9 Å². The summed E-state index contributed by atoms with van der Waals surface area (Å²) >= 11 is 6.03. The van der Waals surface area contributed by atoms with Gasteiger partial charge in [0.1, 0.15) is 23.5 Å². The van der Waals surface area contributed by atoms with Crippen molar-refractivity contribution < 1.29 is 14.3 Å². The second kappa shape index (κ2) is 15.6. The summed E-state index contributed by atoms with van der Waals surface area (Å²) in [5, 5.41) is 12.8. The molecule has 0 aromatic carbocycles. The van der Waals surface area contributed by atoms with Crippen LogP contribution in [-0.4, -0.2) is 77.8 Å². The van der Waals surface area contributed by atoms with Gasteiger partial charge in [0.2, 0.25) is 5.88 Å². The smallest absolute Gasteiger partial charge is 0.253 e. The summed E-state index contributed by atoms with van der Waals surface area (Å²) < 4.78 is 10.7. The number of anilines is 1. The molecule has 1 unspecified atom stereocenters. The van der Waals surface area contributed by atoms with Gasteiger partial charge in [0.05, 0.1) is 42.0 Å². The topological polar surface area (TPSA) is 116 Å². The standard InChI is InChI=1S/C32H40ClN7O3/c1-22-18-29(33)37-24(3)31(22)32(41)35-13-10-23(2)39-14-11-27(12-15-39)40(21-26-7-5-6-25(19-34)38-26)28-8-9-30(36-20-28)43-17-16-42-4/h5-9,18,20,23,27H,10-17,21H2,1-4H3,(H,35,41). The molecule has 1 saturated heterocycles. The average molecular weight is 606 g/mol. The minimum Gasteiger partial charge on any atom is -0.475 e. The molecule has 228 valence electrons. The highest BCUT2D eigenvalue weighted by molar-refractivity contribution is 6.29. The number of carbonyl (C=O) groups is 1. The van der Waals surface area contributed by atoms with E-state index in [2.05, 4.69) is 43.1 Å². The molecule has 1 aliphatic heterocycles. The molecule has 10 nitrogen and oxygen atoms in total. The van der Waals surface area contributed by atoms with E-state index >= 15 is 0 Å². The number of hydrogen-bond acceptors (Lipinski definition) is 9. The van der Waals surface area contributed by atoms with Gasteiger partial charge in [0.25, 0.3) is 5.91 Å². The molecule has 0 spiro atoms. The van der Waals surface area contributed by atoms with E-state index in [1.54, 1.807) is 26.2 Å². The third kappa shape index (κ3) is 8.86. The van der Waals surface area contributed by atoms with E-state index in [4.69, 9.17) is 21.1 Å². The van der Waals surface area contributed by atoms with Crippen LogP contribution in [0.5, 0.6) is 5.88 Å². The zero-order chi connectivity index (χ0) is 30.8. The van der Waals surface area contributed by atoms with Gasteiger partial charge in [0.15, 0.2) is 0 Å². The van der Waals surface area contributed by atoms with Crippen molar-refractivity contribution in [3.63, 3.8) is 0 Å². The summed E-state index contributed by atoms with van der Waals surface area (Å²) in [5.74, 6) is 0.442. The van der Waals surface area contributed by atoms with Crippen molar-refractivity contribution in [3.8, 4) is 11.9 Å². The van der Waals surface area contributed by atoms with Crippen LogP contribution < -0.4 is 15.0 Å². The van der Waals surface area contributed by atoms with E-state index in [1.807, 2.05) is 37.4 Å². The van der Waals surface area contributed by atoms with Crippen molar-refractivity contribution in [3.05, 3.63) is 76.0 Å². The van der Waals surface area contributed by atoms with Gasteiger partial charge in [-0.1, -0.05) is 17.7 Å². The van der Waals surface area contributed by atoms with Gasteiger partial charge < -0.3 is 24.6 Å². The van der Waals surface area contributed by atoms with E-state index < -0.39 is 0 Å². The van der Waals surface area contributed by atoms with Gasteiger partial charge in [-0.2, -0.15) is 5.26 Å². The lowest BCUT2D eigenvalue weighted by Crippen LogP contribution is -2.48. The fourth-order valence-electron chi connectivity index (χ4n) is 5.52. The lowest BCUT2D eigenvalue weighted by Gasteiger charge is -2.41. The molecule has 43 heavy (non-hydrogen) atoms. The molecule has 4 rings (SSSR count). The summed E-state index contributed by atoms with van der Waals surface area (Å²) in [5.41, 5.74) is 4.29. The van der Waals surface area contributed by atoms with Crippen molar-refractivity contribution in [2.45, 2.75) is 58.7 Å². The summed E-state index contributed by atoms with van der Waals surface area (Å²) in [6.45, 7) is 9.87. The Bertz CT molecular complexity index is 1380. The SMILES string of the molecule is COCCOc1ccc(N(Cc2cccc(C#N)n2)C2CCN(C(C)CCNC(=O)c3c(C)cc(Cl)nc3C)CC2)cn1. The molecule has 0 bridgehead atoms. The van der Waals surface area contributed by atoms with Crippen molar-refractivity contribution in [1.29, 1.82) is 5.26 Å². The second-order valence-corrected chi connectivity index (χ2v) is 11.2. The number of carbonyl (C=O) groups excluding carboxylic acids is 1. The predicted molar refractivity (Wildman–Crippen MR) is 166 cm³/mol. The molecule has 1 aliphatic rings. The van der Waals surface area contributed by atoms with E-state index in [0.717, 1.165) is 49.3 Å². The fraction of sp³-hybridized carbons (Fsp3) is 0.469. The predicted octanol–water partition coefficient (Wildman–Crippen LogP) is 4.72. The molecular formula is C32H40ClN7O3. The third-order valence-electron chi connectivity index (χ3n) is 7.85. The van der Waals surface area contributed by atoms with Crippen LogP contribution in [0.15, 0.2) is 42.6 Å². The summed E-state index contributed by atoms with van der Waals surface area (Å²) in [4.78, 5) is 30.9. The lowest BCUT2D eigenvalue weighted by atomic mass is 10.00. The zero-order valence-corrected chi connectivity index (χ0v) is 26.1. The maximum Gasteiger partial charge on any atom is 0.253 e. The number of pyridine rings is 3. The third-order valence-corrected chi connectivity index (χ3v) is 8.04. The Hall–Kier alpha value is -3.78. The molecule has 1 amide bonds. The maximum absolute atomic E-state index is 12.8. The number of halogens is 1. The Kier molecular flexibility index (Phi) is 11.7. The highest BCUT2D eigenvalue weighted by Gasteiger charge is 2.28. The molecule has 1 N–H and O–H groups in total. The van der Waals surface area contributed by atoms with Crippen LogP contribution in [0, 0.1) is 25.2 Å². The van der Waals surface area contributed by atoms with Crippen molar-refractivity contribution in [2.24, 2.45) is 0 Å². The molecule has 3 aromatic heterocycles. The summed E-state index contributed by atoms with van der Waals surface area (Å²) in [7, 11) is 1.64. The number of aromatic nitrogens is 3. The summed E-state index contributed by atoms with van der Waals surface area (Å²) in [6.07, 6.45) is 4.62. The number of nitrogens with one attached hydrogen (secondary N) is 1. The van der Waals surface area contributed by atoms with Crippen molar-refractivity contribution >= 4 is 23.2 Å². The number of methoxy groups -OCH3 is 1. The molecule has 0 radical (unpaired) electrons. The quantitative estimate of drug-likeness (QED) is 0.218. The number of amides is 1. The Morgan fingerprint density at radius 3 is 2.67 bits per heavy atom. The molecule has 0 saturated carbocycles. The minimum atomic E-state index is -0.112. The van der Waals surface area contributed by atoms with Crippen LogP contribution in [-0.2, 0) is 11.3 Å². The molecule has 4 heterocycles. The zero-order valence-electron chi connectivity index (χ0n) is 25.3. The van der Waals surface area contributed by atoms with Crippen LogP contribution in [0.1, 0.15) is 59.2 Å². The first-order valence-corrected chi connectivity index (χ1v) is 15.0. The van der Waals surface area contributed by atoms with Crippen LogP contribution in [0.25, 0.3) is 0 Å². The molecular weight excluding hydrogens is 566 g/mol. The van der Waals surface area contributed by atoms with Crippen LogP contribution in [0.2, 0.25) is 5.15 Å².